The Hall–Kier alpha value is -1.85. The highest BCUT2D eigenvalue weighted by Crippen LogP contribution is 2.65. The van der Waals surface area contributed by atoms with Crippen molar-refractivity contribution in [2.24, 2.45) is 11.3 Å². The molecule has 1 fully saturated rings. The molecule has 1 aliphatic carbocycles. The van der Waals surface area contributed by atoms with Crippen LogP contribution in [0.4, 0.5) is 8.78 Å². The second-order valence-electron chi connectivity index (χ2n) is 5.90. The second-order valence-corrected chi connectivity index (χ2v) is 5.90. The van der Waals surface area contributed by atoms with E-state index in [0.29, 0.717) is 6.61 Å². The van der Waals surface area contributed by atoms with Gasteiger partial charge in [-0.25, -0.2) is 0 Å². The predicted molar refractivity (Wildman–Crippen MR) is 69.3 cm³/mol. The molecular weight excluding hydrogens is 282 g/mol. The van der Waals surface area contributed by atoms with Gasteiger partial charge in [0.1, 0.15) is 0 Å². The smallest absolute Gasteiger partial charge is 0.466 e. The van der Waals surface area contributed by atoms with Crippen LogP contribution >= 0.6 is 0 Å². The van der Waals surface area contributed by atoms with Crippen LogP contribution in [0.2, 0.25) is 0 Å². The highest BCUT2D eigenvalue weighted by Gasteiger charge is 2.63. The van der Waals surface area contributed by atoms with Gasteiger partial charge in [-0.1, -0.05) is 19.9 Å². The van der Waals surface area contributed by atoms with E-state index >= 15 is 0 Å². The van der Waals surface area contributed by atoms with Crippen LogP contribution in [0.5, 0.6) is 11.5 Å². The Morgan fingerprint density at radius 2 is 1.95 bits per heavy atom. The molecule has 0 spiro atoms. The lowest BCUT2D eigenvalue weighted by Gasteiger charge is -2.04. The van der Waals surface area contributed by atoms with E-state index < -0.39 is 6.29 Å². The molecule has 0 radical (unpaired) electrons. The summed E-state index contributed by atoms with van der Waals surface area (Å²) in [4.78, 5) is 11.9. The summed E-state index contributed by atoms with van der Waals surface area (Å²) in [6.45, 7) is 5.99. The number of alkyl halides is 2. The molecular formula is C15H16F2O4. The molecule has 0 aromatic heterocycles. The van der Waals surface area contributed by atoms with Gasteiger partial charge >= 0.3 is 12.3 Å². The van der Waals surface area contributed by atoms with Gasteiger partial charge in [0.2, 0.25) is 0 Å². The summed E-state index contributed by atoms with van der Waals surface area (Å²) in [5, 5.41) is 0. The number of halogens is 2. The zero-order chi connectivity index (χ0) is 15.4. The van der Waals surface area contributed by atoms with Gasteiger partial charge in [-0.05, 0) is 30.0 Å². The molecule has 1 heterocycles. The molecule has 0 saturated heterocycles. The maximum atomic E-state index is 13.0. The fraction of sp³-hybridized carbons (Fsp3) is 0.533. The average Bonchev–Trinajstić information content (AvgIpc) is 2.80. The van der Waals surface area contributed by atoms with Crippen molar-refractivity contribution < 1.29 is 27.8 Å². The van der Waals surface area contributed by atoms with Crippen molar-refractivity contribution in [2.75, 3.05) is 6.61 Å². The molecule has 1 aliphatic heterocycles. The summed E-state index contributed by atoms with van der Waals surface area (Å²) in [6.07, 6.45) is -3.62. The molecule has 1 aromatic carbocycles. The standard InChI is InChI=1S/C15H16F2O4/c1-4-19-13(18)12-11(14(12,2)3)8-5-6-9-10(7-8)21-15(16,17)20-9/h5-7,11-12H,4H2,1-3H3. The second kappa shape index (κ2) is 4.32. The number of ether oxygens (including phenoxy) is 3. The van der Waals surface area contributed by atoms with Crippen LogP contribution in [0, 0.1) is 11.3 Å². The fourth-order valence-corrected chi connectivity index (χ4v) is 3.09. The summed E-state index contributed by atoms with van der Waals surface area (Å²) in [7, 11) is 0. The van der Waals surface area contributed by atoms with E-state index in [1.54, 1.807) is 13.0 Å². The van der Waals surface area contributed by atoms with Crippen LogP contribution in [0.1, 0.15) is 32.3 Å². The van der Waals surface area contributed by atoms with Crippen molar-refractivity contribution in [2.45, 2.75) is 33.0 Å². The Bertz CT molecular complexity index is 597. The molecule has 0 N–H and O–H groups in total. The van der Waals surface area contributed by atoms with Crippen LogP contribution in [0.15, 0.2) is 18.2 Å². The fourth-order valence-electron chi connectivity index (χ4n) is 3.09. The topological polar surface area (TPSA) is 44.8 Å². The molecule has 1 aromatic rings. The number of hydrogen-bond donors (Lipinski definition) is 0. The molecule has 2 unspecified atom stereocenters. The summed E-state index contributed by atoms with van der Waals surface area (Å²) in [5.74, 6) is -0.578. The maximum absolute atomic E-state index is 13.0. The number of fused-ring (bicyclic) bond motifs is 1. The number of rotatable bonds is 3. The molecule has 6 heteroatoms. The van der Waals surface area contributed by atoms with Gasteiger partial charge in [-0.15, -0.1) is 8.78 Å². The minimum atomic E-state index is -3.62. The predicted octanol–water partition coefficient (Wildman–Crippen LogP) is 3.31. The number of hydrogen-bond acceptors (Lipinski definition) is 4. The van der Waals surface area contributed by atoms with Gasteiger partial charge in [0.25, 0.3) is 0 Å². The first-order chi connectivity index (χ1) is 9.76. The number of benzene rings is 1. The minimum absolute atomic E-state index is 0.00260. The Balaban J connectivity index is 1.85. The van der Waals surface area contributed by atoms with Crippen molar-refractivity contribution in [1.29, 1.82) is 0 Å². The average molecular weight is 298 g/mol. The minimum Gasteiger partial charge on any atom is -0.466 e. The molecule has 114 valence electrons. The number of esters is 1. The quantitative estimate of drug-likeness (QED) is 0.803. The summed E-state index contributed by atoms with van der Waals surface area (Å²) >= 11 is 0. The van der Waals surface area contributed by atoms with Gasteiger partial charge in [0.05, 0.1) is 12.5 Å². The van der Waals surface area contributed by atoms with Gasteiger partial charge in [-0.3, -0.25) is 4.79 Å². The Kier molecular flexibility index (Phi) is 2.90. The van der Waals surface area contributed by atoms with E-state index in [1.807, 2.05) is 13.8 Å². The lowest BCUT2D eigenvalue weighted by molar-refractivity contribution is -0.286. The van der Waals surface area contributed by atoms with E-state index in [9.17, 15) is 13.6 Å². The van der Waals surface area contributed by atoms with E-state index in [1.165, 1.54) is 12.1 Å². The first-order valence-corrected chi connectivity index (χ1v) is 6.82. The number of carbonyl (C=O) groups is 1. The first-order valence-electron chi connectivity index (χ1n) is 6.82. The third-order valence-electron chi connectivity index (χ3n) is 4.15. The van der Waals surface area contributed by atoms with Crippen molar-refractivity contribution in [1.82, 2.24) is 0 Å². The van der Waals surface area contributed by atoms with Crippen LogP contribution < -0.4 is 9.47 Å². The van der Waals surface area contributed by atoms with Gasteiger partial charge in [0.15, 0.2) is 11.5 Å². The lowest BCUT2D eigenvalue weighted by atomic mass is 10.0. The van der Waals surface area contributed by atoms with E-state index in [4.69, 9.17) is 4.74 Å². The molecule has 0 amide bonds. The normalized spacial score (nSPS) is 27.3. The van der Waals surface area contributed by atoms with E-state index in [2.05, 4.69) is 9.47 Å². The molecule has 1 saturated carbocycles. The molecule has 2 atom stereocenters. The molecule has 21 heavy (non-hydrogen) atoms. The van der Waals surface area contributed by atoms with Gasteiger partial charge in [0, 0.05) is 5.92 Å². The highest BCUT2D eigenvalue weighted by molar-refractivity contribution is 5.79. The summed E-state index contributed by atoms with van der Waals surface area (Å²) < 4.78 is 39.9. The first kappa shape index (κ1) is 14.1. The zero-order valence-electron chi connectivity index (χ0n) is 12.0. The van der Waals surface area contributed by atoms with Crippen LogP contribution in [0.25, 0.3) is 0 Å². The number of carbonyl (C=O) groups excluding carboxylic acids is 1. The monoisotopic (exact) mass is 298 g/mol. The van der Waals surface area contributed by atoms with Crippen LogP contribution in [-0.4, -0.2) is 18.9 Å². The Labute approximate surface area is 121 Å². The third kappa shape index (κ3) is 2.22. The Morgan fingerprint density at radius 3 is 2.62 bits per heavy atom. The van der Waals surface area contributed by atoms with Gasteiger partial charge < -0.3 is 14.2 Å². The largest absolute Gasteiger partial charge is 0.586 e. The van der Waals surface area contributed by atoms with Crippen molar-refractivity contribution in [3.63, 3.8) is 0 Å². The van der Waals surface area contributed by atoms with E-state index in [-0.39, 0.29) is 34.7 Å². The molecule has 4 nitrogen and oxygen atoms in total. The van der Waals surface area contributed by atoms with E-state index in [0.717, 1.165) is 5.56 Å². The van der Waals surface area contributed by atoms with Crippen LogP contribution in [-0.2, 0) is 9.53 Å². The van der Waals surface area contributed by atoms with Gasteiger partial charge in [-0.2, -0.15) is 0 Å². The maximum Gasteiger partial charge on any atom is 0.586 e. The molecule has 0 bridgehead atoms. The Morgan fingerprint density at radius 1 is 1.29 bits per heavy atom. The molecule has 3 rings (SSSR count). The molecule has 2 aliphatic rings. The van der Waals surface area contributed by atoms with Crippen molar-refractivity contribution in [3.05, 3.63) is 23.8 Å². The summed E-state index contributed by atoms with van der Waals surface area (Å²) in [5.41, 5.74) is 0.515. The van der Waals surface area contributed by atoms with Crippen molar-refractivity contribution >= 4 is 5.97 Å². The van der Waals surface area contributed by atoms with Crippen LogP contribution in [0.3, 0.4) is 0 Å². The zero-order valence-corrected chi connectivity index (χ0v) is 12.0. The third-order valence-corrected chi connectivity index (χ3v) is 4.15. The highest BCUT2D eigenvalue weighted by atomic mass is 19.3. The SMILES string of the molecule is CCOC(=O)C1C(c2ccc3c(c2)OC(F)(F)O3)C1(C)C. The van der Waals surface area contributed by atoms with Crippen molar-refractivity contribution in [3.8, 4) is 11.5 Å². The summed E-state index contributed by atoms with van der Waals surface area (Å²) in [6, 6.07) is 4.65. The lowest BCUT2D eigenvalue weighted by Crippen LogP contribution is -2.25.